The molecule has 1 aliphatic heterocycles. The Hall–Kier alpha value is -0.820. The molecule has 0 aromatic rings. The number of alkyl halides is 3. The lowest BCUT2D eigenvalue weighted by atomic mass is 10.1. The Morgan fingerprint density at radius 3 is 2.42 bits per heavy atom. The Labute approximate surface area is 111 Å². The highest BCUT2D eigenvalue weighted by Gasteiger charge is 2.42. The molecule has 19 heavy (non-hydrogen) atoms. The van der Waals surface area contributed by atoms with Crippen molar-refractivity contribution < 1.29 is 23.1 Å². The van der Waals surface area contributed by atoms with Gasteiger partial charge in [0.05, 0.1) is 12.1 Å². The fraction of sp³-hybridized carbons (Fsp3) is 0.917. The van der Waals surface area contributed by atoms with E-state index < -0.39 is 30.8 Å². The van der Waals surface area contributed by atoms with Gasteiger partial charge in [0.2, 0.25) is 5.91 Å². The SMILES string of the molecule is CC(O)CN(C(C)C)C1CCN(CC(F)(F)F)C1=O. The summed E-state index contributed by atoms with van der Waals surface area (Å²) in [5.41, 5.74) is 0. The van der Waals surface area contributed by atoms with Crippen LogP contribution in [0.3, 0.4) is 0 Å². The molecule has 1 rings (SSSR count). The average Bonchev–Trinajstić information content (AvgIpc) is 2.54. The first-order chi connectivity index (χ1) is 8.61. The number of likely N-dealkylation sites (tertiary alicyclic amines) is 1. The van der Waals surface area contributed by atoms with E-state index in [0.29, 0.717) is 6.42 Å². The minimum absolute atomic E-state index is 0.00520. The third-order valence-electron chi connectivity index (χ3n) is 3.18. The van der Waals surface area contributed by atoms with E-state index in [-0.39, 0.29) is 19.1 Å². The summed E-state index contributed by atoms with van der Waals surface area (Å²) in [7, 11) is 0. The maximum atomic E-state index is 12.3. The molecular weight excluding hydrogens is 261 g/mol. The van der Waals surface area contributed by atoms with Crippen molar-refractivity contribution in [3.8, 4) is 0 Å². The number of rotatable bonds is 5. The van der Waals surface area contributed by atoms with Gasteiger partial charge in [0.15, 0.2) is 0 Å². The molecule has 0 saturated carbocycles. The standard InChI is InChI=1S/C12H21F3N2O2/c1-8(2)17(6-9(3)18)10-4-5-16(11(10)19)7-12(13,14)15/h8-10,18H,4-7H2,1-3H3. The molecule has 0 spiro atoms. The zero-order valence-corrected chi connectivity index (χ0v) is 11.4. The van der Waals surface area contributed by atoms with Gasteiger partial charge >= 0.3 is 6.18 Å². The average molecular weight is 282 g/mol. The van der Waals surface area contributed by atoms with Gasteiger partial charge in [0.1, 0.15) is 6.54 Å². The fourth-order valence-corrected chi connectivity index (χ4v) is 2.41. The summed E-state index contributed by atoms with van der Waals surface area (Å²) in [6.07, 6.45) is -4.61. The van der Waals surface area contributed by atoms with Crippen molar-refractivity contribution >= 4 is 5.91 Å². The van der Waals surface area contributed by atoms with Gasteiger partial charge < -0.3 is 10.0 Å². The molecule has 1 aliphatic rings. The van der Waals surface area contributed by atoms with Crippen LogP contribution in [0.4, 0.5) is 13.2 Å². The van der Waals surface area contributed by atoms with Crippen LogP contribution >= 0.6 is 0 Å². The van der Waals surface area contributed by atoms with Gasteiger partial charge in [-0.1, -0.05) is 0 Å². The minimum atomic E-state index is -4.36. The Morgan fingerprint density at radius 1 is 1.42 bits per heavy atom. The van der Waals surface area contributed by atoms with E-state index in [1.54, 1.807) is 11.8 Å². The molecule has 0 aliphatic carbocycles. The van der Waals surface area contributed by atoms with Crippen LogP contribution in [-0.4, -0.2) is 64.8 Å². The van der Waals surface area contributed by atoms with Gasteiger partial charge in [-0.15, -0.1) is 0 Å². The van der Waals surface area contributed by atoms with E-state index >= 15 is 0 Å². The molecule has 0 radical (unpaired) electrons. The zero-order valence-electron chi connectivity index (χ0n) is 11.4. The lowest BCUT2D eigenvalue weighted by Gasteiger charge is -2.32. The number of hydrogen-bond donors (Lipinski definition) is 1. The van der Waals surface area contributed by atoms with Gasteiger partial charge in [-0.05, 0) is 27.2 Å². The quantitative estimate of drug-likeness (QED) is 0.825. The summed E-state index contributed by atoms with van der Waals surface area (Å²) in [5, 5.41) is 9.42. The molecule has 4 nitrogen and oxygen atoms in total. The molecule has 7 heteroatoms. The van der Waals surface area contributed by atoms with Crippen LogP contribution in [0.2, 0.25) is 0 Å². The first-order valence-corrected chi connectivity index (χ1v) is 6.41. The predicted octanol–water partition coefficient (Wildman–Crippen LogP) is 1.24. The minimum Gasteiger partial charge on any atom is -0.392 e. The molecule has 1 heterocycles. The normalized spacial score (nSPS) is 22.7. The van der Waals surface area contributed by atoms with Crippen LogP contribution in [0.1, 0.15) is 27.2 Å². The number of halogens is 3. The zero-order chi connectivity index (χ0) is 14.8. The van der Waals surface area contributed by atoms with Crippen LogP contribution in [0.25, 0.3) is 0 Å². The molecule has 2 atom stereocenters. The monoisotopic (exact) mass is 282 g/mol. The van der Waals surface area contributed by atoms with Crippen molar-refractivity contribution in [2.24, 2.45) is 0 Å². The maximum Gasteiger partial charge on any atom is 0.406 e. The first-order valence-electron chi connectivity index (χ1n) is 6.41. The topological polar surface area (TPSA) is 43.8 Å². The van der Waals surface area contributed by atoms with Crippen molar-refractivity contribution in [1.82, 2.24) is 9.80 Å². The number of carbonyl (C=O) groups is 1. The number of hydrogen-bond acceptors (Lipinski definition) is 3. The molecule has 1 fully saturated rings. The Balaban J connectivity index is 2.72. The molecular formula is C12H21F3N2O2. The van der Waals surface area contributed by atoms with Crippen LogP contribution in [-0.2, 0) is 4.79 Å². The largest absolute Gasteiger partial charge is 0.406 e. The second kappa shape index (κ2) is 6.09. The molecule has 112 valence electrons. The number of amides is 1. The Bertz CT molecular complexity index is 319. The van der Waals surface area contributed by atoms with E-state index in [9.17, 15) is 23.1 Å². The summed E-state index contributed by atoms with van der Waals surface area (Å²) in [5.74, 6) is -0.494. The van der Waals surface area contributed by atoms with Crippen molar-refractivity contribution in [2.45, 2.75) is 51.6 Å². The van der Waals surface area contributed by atoms with Crippen molar-refractivity contribution in [2.75, 3.05) is 19.6 Å². The van der Waals surface area contributed by atoms with Gasteiger partial charge in [-0.25, -0.2) is 0 Å². The summed E-state index contributed by atoms with van der Waals surface area (Å²) in [4.78, 5) is 14.6. The molecule has 2 unspecified atom stereocenters. The molecule has 0 aromatic carbocycles. The lowest BCUT2D eigenvalue weighted by molar-refractivity contribution is -0.159. The van der Waals surface area contributed by atoms with E-state index in [0.717, 1.165) is 4.90 Å². The van der Waals surface area contributed by atoms with Crippen LogP contribution in [0, 0.1) is 0 Å². The van der Waals surface area contributed by atoms with E-state index in [1.165, 1.54) is 0 Å². The predicted molar refractivity (Wildman–Crippen MR) is 64.6 cm³/mol. The number of carbonyl (C=O) groups excluding carboxylic acids is 1. The summed E-state index contributed by atoms with van der Waals surface area (Å²) < 4.78 is 37.0. The van der Waals surface area contributed by atoms with Crippen molar-refractivity contribution in [3.63, 3.8) is 0 Å². The van der Waals surface area contributed by atoms with Crippen molar-refractivity contribution in [1.29, 1.82) is 0 Å². The second-order valence-corrected chi connectivity index (χ2v) is 5.32. The number of aliphatic hydroxyl groups excluding tert-OH is 1. The van der Waals surface area contributed by atoms with Crippen LogP contribution < -0.4 is 0 Å². The van der Waals surface area contributed by atoms with Gasteiger partial charge in [0.25, 0.3) is 0 Å². The highest BCUT2D eigenvalue weighted by Crippen LogP contribution is 2.24. The maximum absolute atomic E-state index is 12.3. The molecule has 1 amide bonds. The third-order valence-corrected chi connectivity index (χ3v) is 3.18. The molecule has 1 saturated heterocycles. The lowest BCUT2D eigenvalue weighted by Crippen LogP contribution is -2.49. The van der Waals surface area contributed by atoms with E-state index in [1.807, 2.05) is 13.8 Å². The Morgan fingerprint density at radius 2 is 2.00 bits per heavy atom. The summed E-state index contributed by atoms with van der Waals surface area (Å²) >= 11 is 0. The van der Waals surface area contributed by atoms with E-state index in [2.05, 4.69) is 0 Å². The summed E-state index contributed by atoms with van der Waals surface area (Å²) in [6, 6.07) is -0.564. The summed E-state index contributed by atoms with van der Waals surface area (Å²) in [6.45, 7) is 4.54. The second-order valence-electron chi connectivity index (χ2n) is 5.32. The molecule has 0 bridgehead atoms. The Kier molecular flexibility index (Phi) is 5.20. The van der Waals surface area contributed by atoms with Gasteiger partial charge in [-0.2, -0.15) is 13.2 Å². The van der Waals surface area contributed by atoms with E-state index in [4.69, 9.17) is 0 Å². The molecule has 1 N–H and O–H groups in total. The van der Waals surface area contributed by atoms with Gasteiger partial charge in [0, 0.05) is 19.1 Å². The smallest absolute Gasteiger partial charge is 0.392 e. The van der Waals surface area contributed by atoms with Crippen molar-refractivity contribution in [3.05, 3.63) is 0 Å². The highest BCUT2D eigenvalue weighted by atomic mass is 19.4. The highest BCUT2D eigenvalue weighted by molar-refractivity contribution is 5.84. The van der Waals surface area contributed by atoms with Gasteiger partial charge in [-0.3, -0.25) is 9.69 Å². The first kappa shape index (κ1) is 16.2. The van der Waals surface area contributed by atoms with Crippen LogP contribution in [0.15, 0.2) is 0 Å². The third kappa shape index (κ3) is 4.65. The van der Waals surface area contributed by atoms with Crippen LogP contribution in [0.5, 0.6) is 0 Å². The number of aliphatic hydroxyl groups is 1. The number of nitrogens with zero attached hydrogens (tertiary/aromatic N) is 2. The fourth-order valence-electron chi connectivity index (χ4n) is 2.41. The molecule has 0 aromatic heterocycles.